The highest BCUT2D eigenvalue weighted by Gasteiger charge is 2.43. The summed E-state index contributed by atoms with van der Waals surface area (Å²) in [7, 11) is 0. The normalized spacial score (nSPS) is 17.2. The van der Waals surface area contributed by atoms with Crippen LogP contribution in [0.4, 0.5) is 20.2 Å². The number of alkyl halides is 1. The van der Waals surface area contributed by atoms with Gasteiger partial charge in [0.1, 0.15) is 23.3 Å². The van der Waals surface area contributed by atoms with Gasteiger partial charge in [-0.3, -0.25) is 9.20 Å². The van der Waals surface area contributed by atoms with Gasteiger partial charge in [-0.25, -0.2) is 13.8 Å². The van der Waals surface area contributed by atoms with Gasteiger partial charge in [-0.05, 0) is 45.4 Å². The summed E-state index contributed by atoms with van der Waals surface area (Å²) in [5.74, 6) is -1.02. The van der Waals surface area contributed by atoms with E-state index in [2.05, 4.69) is 39.2 Å². The molecular formula is C24H24F2N6O2. The lowest BCUT2D eigenvalue weighted by Gasteiger charge is -2.20. The van der Waals surface area contributed by atoms with Crippen LogP contribution < -0.4 is 10.2 Å². The zero-order valence-corrected chi connectivity index (χ0v) is 19.0. The van der Waals surface area contributed by atoms with Crippen LogP contribution in [0.2, 0.25) is 0 Å². The van der Waals surface area contributed by atoms with Gasteiger partial charge in [-0.15, -0.1) is 0 Å². The predicted octanol–water partition coefficient (Wildman–Crippen LogP) is 4.76. The highest BCUT2D eigenvalue weighted by Crippen LogP contribution is 2.43. The number of fused-ring (bicyclic) bond motifs is 1. The molecule has 4 aromatic rings. The molecule has 1 N–H and O–H groups in total. The Hall–Kier alpha value is -3.82. The molecule has 1 fully saturated rings. The Balaban J connectivity index is 1.42. The lowest BCUT2D eigenvalue weighted by Crippen LogP contribution is -2.22. The smallest absolute Gasteiger partial charge is 0.274 e. The van der Waals surface area contributed by atoms with Crippen molar-refractivity contribution in [1.82, 2.24) is 19.5 Å². The van der Waals surface area contributed by atoms with Crippen molar-refractivity contribution in [1.29, 1.82) is 0 Å². The Bertz CT molecular complexity index is 1380. The van der Waals surface area contributed by atoms with Gasteiger partial charge in [-0.1, -0.05) is 5.16 Å². The maximum atomic E-state index is 14.7. The van der Waals surface area contributed by atoms with E-state index >= 15 is 0 Å². The molecular weight excluding hydrogens is 442 g/mol. The molecule has 176 valence electrons. The lowest BCUT2D eigenvalue weighted by atomic mass is 10.1. The zero-order valence-electron chi connectivity index (χ0n) is 19.0. The first-order valence-corrected chi connectivity index (χ1v) is 11.2. The molecule has 1 aliphatic rings. The van der Waals surface area contributed by atoms with Crippen LogP contribution in [0.3, 0.4) is 0 Å². The summed E-state index contributed by atoms with van der Waals surface area (Å²) >= 11 is 0. The minimum absolute atomic E-state index is 0.141. The molecule has 3 aromatic heterocycles. The number of hydrogen-bond donors (Lipinski definition) is 1. The molecule has 8 nitrogen and oxygen atoms in total. The first-order chi connectivity index (χ1) is 16.4. The molecule has 1 amide bonds. The van der Waals surface area contributed by atoms with Gasteiger partial charge in [0.25, 0.3) is 5.91 Å². The Morgan fingerprint density at radius 3 is 2.76 bits per heavy atom. The molecule has 1 aromatic carbocycles. The van der Waals surface area contributed by atoms with Gasteiger partial charge in [0.2, 0.25) is 11.7 Å². The number of nitrogens with zero attached hydrogens (tertiary/aromatic N) is 5. The Morgan fingerprint density at radius 2 is 2.06 bits per heavy atom. The SMILES string of the molecule is CCN(CC)c1ccn2c(C(=O)Nc3cc(-c4noc([C@H]5C[C@@H]5F)n4)cc(F)c3C)cnc2c1. The van der Waals surface area contributed by atoms with Crippen LogP contribution >= 0.6 is 0 Å². The van der Waals surface area contributed by atoms with Crippen molar-refractivity contribution < 1.29 is 18.1 Å². The van der Waals surface area contributed by atoms with Gasteiger partial charge in [0, 0.05) is 47.9 Å². The van der Waals surface area contributed by atoms with Gasteiger partial charge in [0.05, 0.1) is 12.1 Å². The summed E-state index contributed by atoms with van der Waals surface area (Å²) in [5, 5.41) is 6.62. The molecule has 0 saturated heterocycles. The maximum absolute atomic E-state index is 14.7. The number of amides is 1. The molecule has 34 heavy (non-hydrogen) atoms. The van der Waals surface area contributed by atoms with Gasteiger partial charge in [-0.2, -0.15) is 4.98 Å². The van der Waals surface area contributed by atoms with E-state index in [4.69, 9.17) is 4.52 Å². The van der Waals surface area contributed by atoms with Crippen LogP contribution in [0.5, 0.6) is 0 Å². The van der Waals surface area contributed by atoms with Crippen LogP contribution in [0.15, 0.2) is 41.2 Å². The van der Waals surface area contributed by atoms with E-state index in [1.165, 1.54) is 12.3 Å². The minimum atomic E-state index is -0.980. The third kappa shape index (κ3) is 3.89. The van der Waals surface area contributed by atoms with Crippen molar-refractivity contribution in [2.45, 2.75) is 39.3 Å². The molecule has 0 spiro atoms. The molecule has 0 bridgehead atoms. The molecule has 2 atom stereocenters. The summed E-state index contributed by atoms with van der Waals surface area (Å²) in [6, 6.07) is 6.69. The summed E-state index contributed by atoms with van der Waals surface area (Å²) in [6.45, 7) is 7.44. The van der Waals surface area contributed by atoms with E-state index in [0.717, 1.165) is 18.8 Å². The second-order valence-corrected chi connectivity index (χ2v) is 8.33. The second-order valence-electron chi connectivity index (χ2n) is 8.33. The van der Waals surface area contributed by atoms with E-state index in [1.54, 1.807) is 23.6 Å². The fourth-order valence-corrected chi connectivity index (χ4v) is 3.97. The van der Waals surface area contributed by atoms with Crippen molar-refractivity contribution in [3.8, 4) is 11.4 Å². The quantitative estimate of drug-likeness (QED) is 0.423. The van der Waals surface area contributed by atoms with Crippen molar-refractivity contribution in [3.05, 3.63) is 59.6 Å². The number of nitrogens with one attached hydrogen (secondary N) is 1. The van der Waals surface area contributed by atoms with Crippen LogP contribution in [0.25, 0.3) is 17.0 Å². The number of imidazole rings is 1. The van der Waals surface area contributed by atoms with Crippen LogP contribution in [-0.4, -0.2) is 44.7 Å². The highest BCUT2D eigenvalue weighted by atomic mass is 19.1. The first kappa shape index (κ1) is 22.0. The molecule has 1 saturated carbocycles. The Kier molecular flexibility index (Phi) is 5.51. The van der Waals surface area contributed by atoms with Gasteiger partial charge in [0.15, 0.2) is 0 Å². The summed E-state index contributed by atoms with van der Waals surface area (Å²) in [4.78, 5) is 23.8. The monoisotopic (exact) mass is 466 g/mol. The number of halogens is 2. The van der Waals surface area contributed by atoms with E-state index in [-0.39, 0.29) is 23.0 Å². The number of pyridine rings is 1. The maximum Gasteiger partial charge on any atom is 0.274 e. The van der Waals surface area contributed by atoms with E-state index in [9.17, 15) is 13.6 Å². The summed E-state index contributed by atoms with van der Waals surface area (Å²) < 4.78 is 34.8. The van der Waals surface area contributed by atoms with Gasteiger partial charge < -0.3 is 14.7 Å². The molecule has 10 heteroatoms. The topological polar surface area (TPSA) is 88.6 Å². The first-order valence-electron chi connectivity index (χ1n) is 11.2. The van der Waals surface area contributed by atoms with E-state index in [1.807, 2.05) is 12.1 Å². The average Bonchev–Trinajstić information content (AvgIpc) is 3.22. The Morgan fingerprint density at radius 1 is 1.29 bits per heavy atom. The number of aromatic nitrogens is 4. The standard InChI is InChI=1S/C24H24F2N6O2/c1-4-31(5-2)15-6-7-32-20(12-27-21(32)10-15)23(33)28-19-9-14(8-17(25)13(19)3)22-29-24(34-30-22)16-11-18(16)26/h6-10,12,16,18H,4-5,11H2,1-3H3,(H,28,33)/t16-,18-/m0/s1. The second kappa shape index (κ2) is 8.51. The molecule has 1 aliphatic carbocycles. The summed E-state index contributed by atoms with van der Waals surface area (Å²) in [5.41, 5.74) is 2.84. The fourth-order valence-electron chi connectivity index (χ4n) is 3.97. The number of benzene rings is 1. The van der Waals surface area contributed by atoms with Crippen LogP contribution in [-0.2, 0) is 0 Å². The zero-order chi connectivity index (χ0) is 24.0. The molecule has 5 rings (SSSR count). The van der Waals surface area contributed by atoms with Crippen molar-refractivity contribution in [3.63, 3.8) is 0 Å². The molecule has 0 radical (unpaired) electrons. The molecule has 0 aliphatic heterocycles. The number of rotatable bonds is 7. The lowest BCUT2D eigenvalue weighted by molar-refractivity contribution is 0.102. The van der Waals surface area contributed by atoms with E-state index < -0.39 is 23.8 Å². The third-order valence-corrected chi connectivity index (χ3v) is 6.18. The van der Waals surface area contributed by atoms with Crippen molar-refractivity contribution in [2.75, 3.05) is 23.3 Å². The number of carbonyl (C=O) groups is 1. The van der Waals surface area contributed by atoms with E-state index in [0.29, 0.717) is 23.3 Å². The van der Waals surface area contributed by atoms with Crippen LogP contribution in [0.1, 0.15) is 48.1 Å². The van der Waals surface area contributed by atoms with Crippen molar-refractivity contribution >= 4 is 22.9 Å². The average molecular weight is 466 g/mol. The number of hydrogen-bond acceptors (Lipinski definition) is 6. The summed E-state index contributed by atoms with van der Waals surface area (Å²) in [6.07, 6.45) is 2.65. The number of carbonyl (C=O) groups excluding carboxylic acids is 1. The predicted molar refractivity (Wildman–Crippen MR) is 123 cm³/mol. The molecule has 0 unspecified atom stereocenters. The number of anilines is 2. The largest absolute Gasteiger partial charge is 0.372 e. The van der Waals surface area contributed by atoms with Gasteiger partial charge >= 0.3 is 0 Å². The third-order valence-electron chi connectivity index (χ3n) is 6.18. The Labute approximate surface area is 194 Å². The van der Waals surface area contributed by atoms with Crippen LogP contribution in [0, 0.1) is 12.7 Å². The van der Waals surface area contributed by atoms with Crippen molar-refractivity contribution in [2.24, 2.45) is 0 Å². The molecule has 3 heterocycles. The fraction of sp³-hybridized carbons (Fsp3) is 0.333. The minimum Gasteiger partial charge on any atom is -0.372 e. The highest BCUT2D eigenvalue weighted by molar-refractivity contribution is 6.04.